The molecule has 23 heavy (non-hydrogen) atoms. The van der Waals surface area contributed by atoms with Crippen LogP contribution in [0.2, 0.25) is 5.02 Å². The zero-order chi connectivity index (χ0) is 16.7. The number of amides is 1. The lowest BCUT2D eigenvalue weighted by atomic mass is 10.2. The van der Waals surface area contributed by atoms with Gasteiger partial charge in [0.25, 0.3) is 0 Å². The quantitative estimate of drug-likeness (QED) is 0.826. The van der Waals surface area contributed by atoms with Crippen LogP contribution in [0.4, 0.5) is 0 Å². The molecule has 120 valence electrons. The third kappa shape index (κ3) is 4.72. The Labute approximate surface area is 139 Å². The number of carbonyl (C=O) groups is 1. The largest absolute Gasteiger partial charge is 0.493 e. The number of halogens is 1. The van der Waals surface area contributed by atoms with Crippen LogP contribution in [-0.2, 0) is 11.3 Å². The first-order valence-corrected chi connectivity index (χ1v) is 7.28. The first-order chi connectivity index (χ1) is 11.1. The molecule has 1 heterocycles. The molecular formula is C17H17ClN2O3. The lowest BCUT2D eigenvalue weighted by Gasteiger charge is -2.10. The molecule has 1 N–H and O–H groups in total. The zero-order valence-electron chi connectivity index (χ0n) is 12.9. The molecular weight excluding hydrogens is 316 g/mol. The number of aromatic nitrogens is 1. The number of benzene rings is 1. The molecule has 0 saturated heterocycles. The van der Waals surface area contributed by atoms with Gasteiger partial charge < -0.3 is 14.8 Å². The van der Waals surface area contributed by atoms with E-state index in [9.17, 15) is 4.79 Å². The number of nitrogens with one attached hydrogen (secondary N) is 1. The fraction of sp³-hybridized carbons (Fsp3) is 0.176. The van der Waals surface area contributed by atoms with Crippen molar-refractivity contribution in [2.24, 2.45) is 0 Å². The molecule has 0 bridgehead atoms. The summed E-state index contributed by atoms with van der Waals surface area (Å²) in [6, 6.07) is 7.16. The lowest BCUT2D eigenvalue weighted by molar-refractivity contribution is -0.116. The van der Waals surface area contributed by atoms with E-state index in [2.05, 4.69) is 10.3 Å². The topological polar surface area (TPSA) is 60.5 Å². The normalized spacial score (nSPS) is 10.6. The van der Waals surface area contributed by atoms with Crippen LogP contribution in [0.5, 0.6) is 11.5 Å². The molecule has 0 aliphatic heterocycles. The maximum atomic E-state index is 11.8. The van der Waals surface area contributed by atoms with Crippen LogP contribution in [0, 0.1) is 0 Å². The molecule has 5 nitrogen and oxygen atoms in total. The number of nitrogens with zero attached hydrogens (tertiary/aromatic N) is 1. The first-order valence-electron chi connectivity index (χ1n) is 6.90. The molecule has 0 unspecified atom stereocenters. The summed E-state index contributed by atoms with van der Waals surface area (Å²) in [6.07, 6.45) is 6.49. The number of pyridine rings is 1. The Kier molecular flexibility index (Phi) is 6.00. The molecule has 2 rings (SSSR count). The fourth-order valence-electron chi connectivity index (χ4n) is 1.96. The minimum Gasteiger partial charge on any atom is -0.493 e. The summed E-state index contributed by atoms with van der Waals surface area (Å²) < 4.78 is 10.4. The molecule has 0 fully saturated rings. The van der Waals surface area contributed by atoms with Crippen molar-refractivity contribution >= 4 is 23.6 Å². The molecule has 2 aromatic rings. The van der Waals surface area contributed by atoms with Gasteiger partial charge in [0.1, 0.15) is 0 Å². The summed E-state index contributed by atoms with van der Waals surface area (Å²) in [5.41, 5.74) is 1.67. The molecule has 1 aromatic carbocycles. The summed E-state index contributed by atoms with van der Waals surface area (Å²) >= 11 is 6.12. The number of carbonyl (C=O) groups excluding carboxylic acids is 1. The van der Waals surface area contributed by atoms with Gasteiger partial charge in [0, 0.05) is 25.0 Å². The van der Waals surface area contributed by atoms with Crippen molar-refractivity contribution in [3.05, 3.63) is 58.9 Å². The minimum atomic E-state index is -0.209. The smallest absolute Gasteiger partial charge is 0.244 e. The van der Waals surface area contributed by atoms with Gasteiger partial charge in [-0.1, -0.05) is 17.7 Å². The molecule has 1 aromatic heterocycles. The first kappa shape index (κ1) is 16.8. The summed E-state index contributed by atoms with van der Waals surface area (Å²) in [7, 11) is 3.05. The van der Waals surface area contributed by atoms with Crippen molar-refractivity contribution in [2.75, 3.05) is 14.2 Å². The maximum absolute atomic E-state index is 11.8. The van der Waals surface area contributed by atoms with Crippen LogP contribution in [0.1, 0.15) is 11.1 Å². The van der Waals surface area contributed by atoms with Gasteiger partial charge in [-0.3, -0.25) is 9.78 Å². The van der Waals surface area contributed by atoms with Gasteiger partial charge >= 0.3 is 0 Å². The van der Waals surface area contributed by atoms with Crippen molar-refractivity contribution in [1.82, 2.24) is 10.3 Å². The standard InChI is InChI=1S/C17H17ClN2O3/c1-22-15-9-12(8-14(18)17(15)23-2)5-6-16(21)20-11-13-4-3-7-19-10-13/h3-10H,11H2,1-2H3,(H,20,21)/b6-5+. The Morgan fingerprint density at radius 3 is 2.83 bits per heavy atom. The average Bonchev–Trinajstić information content (AvgIpc) is 2.58. The lowest BCUT2D eigenvalue weighted by Crippen LogP contribution is -2.20. The Morgan fingerprint density at radius 2 is 2.17 bits per heavy atom. The van der Waals surface area contributed by atoms with E-state index in [1.165, 1.54) is 20.3 Å². The number of hydrogen-bond acceptors (Lipinski definition) is 4. The van der Waals surface area contributed by atoms with Gasteiger partial charge in [-0.2, -0.15) is 0 Å². The van der Waals surface area contributed by atoms with E-state index < -0.39 is 0 Å². The van der Waals surface area contributed by atoms with E-state index in [4.69, 9.17) is 21.1 Å². The van der Waals surface area contributed by atoms with E-state index >= 15 is 0 Å². The van der Waals surface area contributed by atoms with Gasteiger partial charge in [-0.25, -0.2) is 0 Å². The van der Waals surface area contributed by atoms with E-state index in [0.717, 1.165) is 11.1 Å². The monoisotopic (exact) mass is 332 g/mol. The molecule has 1 amide bonds. The zero-order valence-corrected chi connectivity index (χ0v) is 13.6. The van der Waals surface area contributed by atoms with Crippen molar-refractivity contribution < 1.29 is 14.3 Å². The van der Waals surface area contributed by atoms with E-state index in [0.29, 0.717) is 23.1 Å². The van der Waals surface area contributed by atoms with Crippen molar-refractivity contribution in [2.45, 2.75) is 6.54 Å². The molecule has 0 atom stereocenters. The number of ether oxygens (including phenoxy) is 2. The second kappa shape index (κ2) is 8.19. The van der Waals surface area contributed by atoms with Gasteiger partial charge in [0.15, 0.2) is 11.5 Å². The molecule has 0 aliphatic rings. The van der Waals surface area contributed by atoms with Crippen LogP contribution in [0.3, 0.4) is 0 Å². The predicted molar refractivity (Wildman–Crippen MR) is 89.7 cm³/mol. The Bertz CT molecular complexity index is 702. The highest BCUT2D eigenvalue weighted by Gasteiger charge is 2.09. The summed E-state index contributed by atoms with van der Waals surface area (Å²) in [4.78, 5) is 15.8. The van der Waals surface area contributed by atoms with Crippen LogP contribution < -0.4 is 14.8 Å². The van der Waals surface area contributed by atoms with Crippen LogP contribution in [0.25, 0.3) is 6.08 Å². The summed E-state index contributed by atoms with van der Waals surface area (Å²) in [5, 5.41) is 3.20. The van der Waals surface area contributed by atoms with Crippen LogP contribution >= 0.6 is 11.6 Å². The number of hydrogen-bond donors (Lipinski definition) is 1. The SMILES string of the molecule is COc1cc(/C=C/C(=O)NCc2cccnc2)cc(Cl)c1OC. The van der Waals surface area contributed by atoms with E-state index in [1.54, 1.807) is 30.6 Å². The van der Waals surface area contributed by atoms with Crippen molar-refractivity contribution in [3.8, 4) is 11.5 Å². The highest BCUT2D eigenvalue weighted by Crippen LogP contribution is 2.36. The average molecular weight is 333 g/mol. The Morgan fingerprint density at radius 1 is 1.35 bits per heavy atom. The number of rotatable bonds is 6. The van der Waals surface area contributed by atoms with Gasteiger partial charge in [0.2, 0.25) is 5.91 Å². The third-order valence-electron chi connectivity index (χ3n) is 3.07. The molecule has 0 aliphatic carbocycles. The fourth-order valence-corrected chi connectivity index (χ4v) is 2.25. The van der Waals surface area contributed by atoms with Crippen LogP contribution in [0.15, 0.2) is 42.7 Å². The summed E-state index contributed by atoms with van der Waals surface area (Å²) in [6.45, 7) is 0.420. The van der Waals surface area contributed by atoms with E-state index in [1.807, 2.05) is 12.1 Å². The maximum Gasteiger partial charge on any atom is 0.244 e. The third-order valence-corrected chi connectivity index (χ3v) is 3.35. The Balaban J connectivity index is 2.02. The van der Waals surface area contributed by atoms with Crippen molar-refractivity contribution in [3.63, 3.8) is 0 Å². The summed E-state index contributed by atoms with van der Waals surface area (Å²) in [5.74, 6) is 0.766. The highest BCUT2D eigenvalue weighted by molar-refractivity contribution is 6.32. The predicted octanol–water partition coefficient (Wildman–Crippen LogP) is 3.08. The van der Waals surface area contributed by atoms with Gasteiger partial charge in [-0.05, 0) is 35.4 Å². The Hall–Kier alpha value is -2.53. The van der Waals surface area contributed by atoms with Crippen molar-refractivity contribution in [1.29, 1.82) is 0 Å². The molecule has 0 spiro atoms. The molecule has 0 radical (unpaired) electrons. The second-order valence-corrected chi connectivity index (χ2v) is 5.06. The van der Waals surface area contributed by atoms with E-state index in [-0.39, 0.29) is 5.91 Å². The highest BCUT2D eigenvalue weighted by atomic mass is 35.5. The van der Waals surface area contributed by atoms with Gasteiger partial charge in [-0.15, -0.1) is 0 Å². The number of methoxy groups -OCH3 is 2. The van der Waals surface area contributed by atoms with Gasteiger partial charge in [0.05, 0.1) is 19.2 Å². The second-order valence-electron chi connectivity index (χ2n) is 4.65. The minimum absolute atomic E-state index is 0.209. The molecule has 0 saturated carbocycles. The van der Waals surface area contributed by atoms with Crippen LogP contribution in [-0.4, -0.2) is 25.1 Å². The molecule has 6 heteroatoms.